The monoisotopic (exact) mass is 389 g/mol. The number of amides is 1. The summed E-state index contributed by atoms with van der Waals surface area (Å²) in [5.41, 5.74) is 0.548. The molecule has 0 saturated heterocycles. The van der Waals surface area contributed by atoms with Crippen LogP contribution in [0, 0.1) is 6.92 Å². The van der Waals surface area contributed by atoms with Gasteiger partial charge in [-0.25, -0.2) is 9.78 Å². The molecule has 0 aliphatic rings. The van der Waals surface area contributed by atoms with E-state index in [-0.39, 0.29) is 21.3 Å². The molecule has 0 radical (unpaired) electrons. The highest BCUT2D eigenvalue weighted by atomic mass is 79.9. The molecule has 0 saturated carbocycles. The Hall–Kier alpha value is -1.51. The maximum absolute atomic E-state index is 12.5. The lowest BCUT2D eigenvalue weighted by atomic mass is 10.2. The zero-order valence-corrected chi connectivity index (χ0v) is 14.1. The lowest BCUT2D eigenvalue weighted by Gasteiger charge is -2.16. The summed E-state index contributed by atoms with van der Waals surface area (Å²) in [5, 5.41) is 9.52. The van der Waals surface area contributed by atoms with Gasteiger partial charge >= 0.3 is 5.97 Å². The first-order valence-corrected chi connectivity index (χ1v) is 7.56. The molecule has 21 heavy (non-hydrogen) atoms. The van der Waals surface area contributed by atoms with Crippen molar-refractivity contribution in [3.63, 3.8) is 0 Å². The molecule has 2 aromatic heterocycles. The highest BCUT2D eigenvalue weighted by molar-refractivity contribution is 9.10. The lowest BCUT2D eigenvalue weighted by Crippen LogP contribution is -2.27. The van der Waals surface area contributed by atoms with E-state index in [0.717, 1.165) is 11.5 Å². The molecule has 110 valence electrons. The van der Waals surface area contributed by atoms with Crippen LogP contribution in [0.1, 0.15) is 26.4 Å². The normalized spacial score (nSPS) is 10.5. The number of carboxylic acids is 1. The van der Waals surface area contributed by atoms with E-state index < -0.39 is 11.9 Å². The Morgan fingerprint density at radius 1 is 1.48 bits per heavy atom. The molecule has 0 aliphatic heterocycles. The summed E-state index contributed by atoms with van der Waals surface area (Å²) in [7, 11) is 1.47. The van der Waals surface area contributed by atoms with E-state index in [4.69, 9.17) is 11.6 Å². The number of aromatic nitrogens is 2. The average molecular weight is 391 g/mol. The highest BCUT2D eigenvalue weighted by Crippen LogP contribution is 2.30. The first kappa shape index (κ1) is 15.9. The van der Waals surface area contributed by atoms with Gasteiger partial charge in [0, 0.05) is 17.7 Å². The van der Waals surface area contributed by atoms with E-state index >= 15 is 0 Å². The van der Waals surface area contributed by atoms with Gasteiger partial charge in [0.25, 0.3) is 5.91 Å². The molecular weight excluding hydrogens is 382 g/mol. The van der Waals surface area contributed by atoms with Crippen molar-refractivity contribution < 1.29 is 14.7 Å². The number of nitrogens with zero attached hydrogens (tertiary/aromatic N) is 3. The summed E-state index contributed by atoms with van der Waals surface area (Å²) < 4.78 is 4.58. The molecule has 2 heterocycles. The molecule has 0 aromatic carbocycles. The van der Waals surface area contributed by atoms with Crippen molar-refractivity contribution in [1.82, 2.24) is 9.36 Å². The minimum absolute atomic E-state index is 0.00919. The maximum Gasteiger partial charge on any atom is 0.340 e. The van der Waals surface area contributed by atoms with Gasteiger partial charge in [-0.3, -0.25) is 4.79 Å². The van der Waals surface area contributed by atoms with Crippen LogP contribution in [-0.4, -0.2) is 33.4 Å². The molecule has 2 aromatic rings. The Labute approximate surface area is 137 Å². The molecule has 0 spiro atoms. The number of carbonyl (C=O) groups excluding carboxylic acids is 1. The Morgan fingerprint density at radius 3 is 2.76 bits per heavy atom. The van der Waals surface area contributed by atoms with Crippen LogP contribution in [0.15, 0.2) is 16.7 Å². The van der Waals surface area contributed by atoms with E-state index in [0.29, 0.717) is 10.2 Å². The third-order valence-electron chi connectivity index (χ3n) is 2.70. The minimum Gasteiger partial charge on any atom is -0.478 e. The molecule has 0 fully saturated rings. The second-order valence-electron chi connectivity index (χ2n) is 4.11. The number of carbonyl (C=O) groups is 2. The highest BCUT2D eigenvalue weighted by Gasteiger charge is 2.26. The summed E-state index contributed by atoms with van der Waals surface area (Å²) >= 11 is 10.1. The van der Waals surface area contributed by atoms with E-state index in [1.807, 2.05) is 0 Å². The first-order chi connectivity index (χ1) is 9.82. The van der Waals surface area contributed by atoms with Crippen LogP contribution in [0.3, 0.4) is 0 Å². The molecule has 2 rings (SSSR count). The van der Waals surface area contributed by atoms with Gasteiger partial charge in [0.15, 0.2) is 0 Å². The second kappa shape index (κ2) is 6.08. The topological polar surface area (TPSA) is 83.4 Å². The maximum atomic E-state index is 12.5. The Morgan fingerprint density at radius 2 is 2.14 bits per heavy atom. The SMILES string of the molecule is Cc1nsc(N(C)C(=O)c2cc(Br)cnc2Cl)c1C(=O)O. The van der Waals surface area contributed by atoms with Crippen LogP contribution in [0.25, 0.3) is 0 Å². The van der Waals surface area contributed by atoms with Crippen molar-refractivity contribution >= 4 is 55.9 Å². The number of hydrogen-bond acceptors (Lipinski definition) is 5. The van der Waals surface area contributed by atoms with Crippen molar-refractivity contribution in [2.45, 2.75) is 6.92 Å². The molecule has 1 N–H and O–H groups in total. The molecule has 9 heteroatoms. The molecule has 0 atom stereocenters. The van der Waals surface area contributed by atoms with Gasteiger partial charge in [0.05, 0.1) is 11.3 Å². The van der Waals surface area contributed by atoms with Gasteiger partial charge in [0.1, 0.15) is 15.7 Å². The Balaban J connectivity index is 2.45. The molecule has 1 amide bonds. The standard InChI is InChI=1S/C12H9BrClN3O3S/c1-5-8(12(19)20)11(21-16-5)17(2)10(18)7-3-6(13)4-15-9(7)14/h3-4H,1-2H3,(H,19,20). The summed E-state index contributed by atoms with van der Waals surface area (Å²) in [5.74, 6) is -1.59. The third-order valence-corrected chi connectivity index (χ3v) is 4.45. The van der Waals surface area contributed by atoms with Crippen molar-refractivity contribution in [1.29, 1.82) is 0 Å². The summed E-state index contributed by atoms with van der Waals surface area (Å²) in [6.07, 6.45) is 1.47. The number of pyridine rings is 1. The average Bonchev–Trinajstić information content (AvgIpc) is 2.81. The van der Waals surface area contributed by atoms with Crippen LogP contribution in [0.4, 0.5) is 5.00 Å². The van der Waals surface area contributed by atoms with E-state index in [1.165, 1.54) is 24.2 Å². The van der Waals surface area contributed by atoms with Crippen LogP contribution in [0.2, 0.25) is 5.15 Å². The number of rotatable bonds is 3. The second-order valence-corrected chi connectivity index (χ2v) is 6.13. The van der Waals surface area contributed by atoms with E-state index in [9.17, 15) is 14.7 Å². The number of aromatic carboxylic acids is 1. The lowest BCUT2D eigenvalue weighted by molar-refractivity contribution is 0.0697. The third kappa shape index (κ3) is 3.07. The fourth-order valence-electron chi connectivity index (χ4n) is 1.68. The van der Waals surface area contributed by atoms with Gasteiger partial charge in [-0.1, -0.05) is 11.6 Å². The van der Waals surface area contributed by atoms with Crippen molar-refractivity contribution in [2.75, 3.05) is 11.9 Å². The van der Waals surface area contributed by atoms with Gasteiger partial charge in [-0.2, -0.15) is 4.37 Å². The van der Waals surface area contributed by atoms with E-state index in [1.54, 1.807) is 6.92 Å². The molecule has 0 unspecified atom stereocenters. The number of halogens is 2. The molecular formula is C12H9BrClN3O3S. The number of hydrogen-bond donors (Lipinski definition) is 1. The summed E-state index contributed by atoms with van der Waals surface area (Å²) in [6.45, 7) is 1.58. The van der Waals surface area contributed by atoms with Gasteiger partial charge in [-0.15, -0.1) is 0 Å². The van der Waals surface area contributed by atoms with Gasteiger partial charge in [0.2, 0.25) is 0 Å². The van der Waals surface area contributed by atoms with Crippen molar-refractivity contribution in [3.8, 4) is 0 Å². The summed E-state index contributed by atoms with van der Waals surface area (Å²) in [6, 6.07) is 1.53. The quantitative estimate of drug-likeness (QED) is 0.813. The zero-order valence-electron chi connectivity index (χ0n) is 10.9. The van der Waals surface area contributed by atoms with Crippen molar-refractivity contribution in [3.05, 3.63) is 38.7 Å². The smallest absolute Gasteiger partial charge is 0.340 e. The minimum atomic E-state index is -1.13. The van der Waals surface area contributed by atoms with Gasteiger partial charge in [-0.05, 0) is 40.5 Å². The summed E-state index contributed by atoms with van der Waals surface area (Å²) in [4.78, 5) is 28.8. The number of aryl methyl sites for hydroxylation is 1. The fraction of sp³-hybridized carbons (Fsp3) is 0.167. The number of anilines is 1. The Bertz CT molecular complexity index is 735. The van der Waals surface area contributed by atoms with Crippen LogP contribution in [-0.2, 0) is 0 Å². The fourth-order valence-corrected chi connectivity index (χ4v) is 3.04. The molecule has 6 nitrogen and oxygen atoms in total. The predicted octanol–water partition coefficient (Wildman–Crippen LogP) is 3.24. The van der Waals surface area contributed by atoms with Gasteiger partial charge < -0.3 is 10.0 Å². The predicted molar refractivity (Wildman–Crippen MR) is 83.5 cm³/mol. The molecule has 0 bridgehead atoms. The van der Waals surface area contributed by atoms with Crippen molar-refractivity contribution in [2.24, 2.45) is 0 Å². The van der Waals surface area contributed by atoms with E-state index in [2.05, 4.69) is 25.3 Å². The largest absolute Gasteiger partial charge is 0.478 e. The first-order valence-electron chi connectivity index (χ1n) is 5.61. The zero-order chi connectivity index (χ0) is 15.7. The van der Waals surface area contributed by atoms with Crippen LogP contribution in [0.5, 0.6) is 0 Å². The van der Waals surface area contributed by atoms with Crippen LogP contribution < -0.4 is 4.90 Å². The van der Waals surface area contributed by atoms with Crippen LogP contribution >= 0.6 is 39.1 Å². The number of carboxylic acid groups (broad SMARTS) is 1. The Kier molecular flexibility index (Phi) is 4.60. The molecule has 0 aliphatic carbocycles.